The van der Waals surface area contributed by atoms with Crippen molar-refractivity contribution in [1.82, 2.24) is 10.6 Å². The molecule has 174 valence electrons. The van der Waals surface area contributed by atoms with Gasteiger partial charge in [-0.25, -0.2) is 9.98 Å². The van der Waals surface area contributed by atoms with Gasteiger partial charge >= 0.3 is 0 Å². The van der Waals surface area contributed by atoms with Crippen molar-refractivity contribution < 1.29 is 4.79 Å². The molecule has 3 N–H and O–H groups in total. The molecule has 0 bridgehead atoms. The van der Waals surface area contributed by atoms with Crippen LogP contribution < -0.4 is 16.0 Å². The van der Waals surface area contributed by atoms with Crippen LogP contribution in [0.4, 0.5) is 5.69 Å². The largest absolute Gasteiger partial charge is 0.351 e. The number of nitrogens with zero attached hydrogens (tertiary/aromatic N) is 2. The second kappa shape index (κ2) is 10.4. The number of nitrogens with one attached hydrogen (secondary N) is 3. The van der Waals surface area contributed by atoms with E-state index in [-0.39, 0.29) is 11.3 Å². The van der Waals surface area contributed by atoms with Crippen LogP contribution in [-0.2, 0) is 12.0 Å². The Kier molecular flexibility index (Phi) is 7.40. The molecular formula is C26H33N5OS. The average Bonchev–Trinajstić information content (AvgIpc) is 3.45. The third kappa shape index (κ3) is 6.39. The highest BCUT2D eigenvalue weighted by molar-refractivity contribution is 7.15. The number of hydrogen-bond acceptors (Lipinski definition) is 6. The van der Waals surface area contributed by atoms with Gasteiger partial charge < -0.3 is 16.0 Å². The zero-order chi connectivity index (χ0) is 23.3. The number of amides is 1. The third-order valence-electron chi connectivity index (χ3n) is 5.89. The first-order chi connectivity index (χ1) is 15.9. The zero-order valence-corrected chi connectivity index (χ0v) is 20.5. The molecule has 0 spiro atoms. The van der Waals surface area contributed by atoms with Crippen molar-refractivity contribution in [3.8, 4) is 0 Å². The van der Waals surface area contributed by atoms with Gasteiger partial charge in [-0.2, -0.15) is 0 Å². The number of carbonyl (C=O) groups is 1. The van der Waals surface area contributed by atoms with Crippen molar-refractivity contribution in [3.63, 3.8) is 0 Å². The predicted molar refractivity (Wildman–Crippen MR) is 140 cm³/mol. The quantitative estimate of drug-likeness (QED) is 0.607. The molecule has 0 radical (unpaired) electrons. The molecule has 0 aliphatic carbocycles. The lowest BCUT2D eigenvalue weighted by Crippen LogP contribution is -2.29. The van der Waals surface area contributed by atoms with Crippen molar-refractivity contribution in [1.29, 1.82) is 0 Å². The molecular weight excluding hydrogens is 430 g/mol. The maximum absolute atomic E-state index is 12.7. The van der Waals surface area contributed by atoms with E-state index >= 15 is 0 Å². The zero-order valence-electron chi connectivity index (χ0n) is 19.6. The number of aliphatic imine (C=N–C) groups is 2. The highest BCUT2D eigenvalue weighted by atomic mass is 32.1. The summed E-state index contributed by atoms with van der Waals surface area (Å²) in [6, 6.07) is 10.3. The maximum atomic E-state index is 12.7. The first-order valence-electron chi connectivity index (χ1n) is 11.6. The Morgan fingerprint density at radius 1 is 1.27 bits per heavy atom. The summed E-state index contributed by atoms with van der Waals surface area (Å²) in [5, 5.41) is 9.81. The Labute approximate surface area is 200 Å². The molecule has 1 saturated heterocycles. The van der Waals surface area contributed by atoms with Gasteiger partial charge in [-0.15, -0.1) is 11.3 Å². The molecule has 33 heavy (non-hydrogen) atoms. The summed E-state index contributed by atoms with van der Waals surface area (Å²) in [6.45, 7) is 9.81. The summed E-state index contributed by atoms with van der Waals surface area (Å²) in [6.07, 6.45) is 7.83. The minimum atomic E-state index is 0.000227. The van der Waals surface area contributed by atoms with Crippen LogP contribution in [0.5, 0.6) is 0 Å². The van der Waals surface area contributed by atoms with E-state index in [2.05, 4.69) is 72.1 Å². The number of fused-ring (bicyclic) bond motifs is 1. The van der Waals surface area contributed by atoms with Crippen LogP contribution in [-0.4, -0.2) is 37.7 Å². The summed E-state index contributed by atoms with van der Waals surface area (Å²) in [5.41, 5.74) is 3.34. The number of benzene rings is 1. The van der Waals surface area contributed by atoms with Gasteiger partial charge in [0.25, 0.3) is 5.91 Å². The van der Waals surface area contributed by atoms with Gasteiger partial charge in [0.2, 0.25) is 5.96 Å². The Morgan fingerprint density at radius 3 is 2.94 bits per heavy atom. The van der Waals surface area contributed by atoms with Crippen LogP contribution >= 0.6 is 11.3 Å². The smallest absolute Gasteiger partial charge is 0.261 e. The number of hydrogen-bond donors (Lipinski definition) is 3. The molecule has 2 aliphatic heterocycles. The van der Waals surface area contributed by atoms with E-state index in [1.807, 2.05) is 18.3 Å². The topological polar surface area (TPSA) is 77.9 Å². The number of anilines is 1. The Morgan fingerprint density at radius 2 is 2.15 bits per heavy atom. The fraction of sp³-hybridized carbons (Fsp3) is 0.423. The first kappa shape index (κ1) is 23.4. The molecule has 0 saturated carbocycles. The van der Waals surface area contributed by atoms with Gasteiger partial charge in [-0.3, -0.25) is 4.79 Å². The summed E-state index contributed by atoms with van der Waals surface area (Å²) in [7, 11) is 0. The van der Waals surface area contributed by atoms with E-state index in [0.717, 1.165) is 47.1 Å². The molecule has 1 amide bonds. The van der Waals surface area contributed by atoms with Gasteiger partial charge in [0.1, 0.15) is 0 Å². The molecule has 1 fully saturated rings. The van der Waals surface area contributed by atoms with Crippen LogP contribution in [0.25, 0.3) is 6.08 Å². The normalized spacial score (nSPS) is 19.5. The summed E-state index contributed by atoms with van der Waals surface area (Å²) >= 11 is 1.53. The molecule has 1 aromatic carbocycles. The van der Waals surface area contributed by atoms with Crippen molar-refractivity contribution in [2.24, 2.45) is 15.9 Å². The molecule has 2 aromatic rings. The molecule has 3 heterocycles. The third-order valence-corrected chi connectivity index (χ3v) is 7.03. The Hall–Kier alpha value is -2.77. The molecule has 7 heteroatoms. The fourth-order valence-electron chi connectivity index (χ4n) is 3.87. The number of rotatable bonds is 4. The number of carbonyl (C=O) groups excluding carboxylic acids is 1. The van der Waals surface area contributed by atoms with Crippen LogP contribution in [0.1, 0.15) is 59.3 Å². The monoisotopic (exact) mass is 463 g/mol. The summed E-state index contributed by atoms with van der Waals surface area (Å²) < 4.78 is 0. The lowest BCUT2D eigenvalue weighted by atomic mass is 9.87. The van der Waals surface area contributed by atoms with Crippen molar-refractivity contribution in [3.05, 3.63) is 57.3 Å². The van der Waals surface area contributed by atoms with Gasteiger partial charge in [-0.1, -0.05) is 39.0 Å². The molecule has 6 nitrogen and oxygen atoms in total. The molecule has 1 unspecified atom stereocenters. The van der Waals surface area contributed by atoms with Crippen LogP contribution in [0, 0.1) is 5.92 Å². The molecule has 1 atom stereocenters. The Balaban J connectivity index is 1.48. The lowest BCUT2D eigenvalue weighted by molar-refractivity contribution is 0.0952. The van der Waals surface area contributed by atoms with E-state index in [1.54, 1.807) is 0 Å². The van der Waals surface area contributed by atoms with E-state index in [4.69, 9.17) is 4.99 Å². The first-order valence-corrected chi connectivity index (χ1v) is 12.4. The van der Waals surface area contributed by atoms with E-state index in [9.17, 15) is 4.79 Å². The Bertz CT molecular complexity index is 1070. The second-order valence-electron chi connectivity index (χ2n) is 9.61. The standard InChI is InChI=1S/C26H33N5OS/c1-26(2,3)20-7-6-8-21(14-20)31-25-28-11-5-4-9-22-19(17-30-25)13-23(33-22)24(32)29-16-18-10-12-27-15-18/h4,6-9,11,13-14,18,27H,5,10,12,15-17H2,1-3H3,(H,29,32)(H,30,31)/b9-4-,28-11?. The summed E-state index contributed by atoms with van der Waals surface area (Å²) in [4.78, 5) is 23.8. The van der Waals surface area contributed by atoms with E-state index in [1.165, 1.54) is 16.9 Å². The van der Waals surface area contributed by atoms with Gasteiger partial charge in [0.05, 0.1) is 11.4 Å². The highest BCUT2D eigenvalue weighted by Gasteiger charge is 2.18. The fourth-order valence-corrected chi connectivity index (χ4v) is 4.89. The molecule has 4 rings (SSSR count). The number of thiophene rings is 1. The lowest BCUT2D eigenvalue weighted by Gasteiger charge is -2.20. The molecule has 2 aliphatic rings. The van der Waals surface area contributed by atoms with Crippen LogP contribution in [0.3, 0.4) is 0 Å². The van der Waals surface area contributed by atoms with Gasteiger partial charge in [0.15, 0.2) is 0 Å². The van der Waals surface area contributed by atoms with E-state index < -0.39 is 0 Å². The van der Waals surface area contributed by atoms with Gasteiger partial charge in [0, 0.05) is 29.7 Å². The highest BCUT2D eigenvalue weighted by Crippen LogP contribution is 2.27. The SMILES string of the molecule is CC(C)(C)c1cccc(NC2=NCc3cc(C(=O)NCC4CCNC4)sc3/C=C\CC=N2)c1. The van der Waals surface area contributed by atoms with Crippen molar-refractivity contribution in [2.45, 2.75) is 45.6 Å². The van der Waals surface area contributed by atoms with Gasteiger partial charge in [-0.05, 0) is 66.2 Å². The minimum Gasteiger partial charge on any atom is -0.351 e. The average molecular weight is 464 g/mol. The van der Waals surface area contributed by atoms with Crippen molar-refractivity contribution in [2.75, 3.05) is 25.0 Å². The number of guanidine groups is 1. The van der Waals surface area contributed by atoms with Crippen molar-refractivity contribution >= 4 is 41.2 Å². The maximum Gasteiger partial charge on any atom is 0.261 e. The number of allylic oxidation sites excluding steroid dienone is 1. The predicted octanol–water partition coefficient (Wildman–Crippen LogP) is 4.84. The second-order valence-corrected chi connectivity index (χ2v) is 10.7. The molecule has 1 aromatic heterocycles. The minimum absolute atomic E-state index is 0.000227. The van der Waals surface area contributed by atoms with Crippen LogP contribution in [0.15, 0.2) is 46.4 Å². The van der Waals surface area contributed by atoms with E-state index in [0.29, 0.717) is 24.8 Å². The van der Waals surface area contributed by atoms with Crippen LogP contribution in [0.2, 0.25) is 0 Å². The summed E-state index contributed by atoms with van der Waals surface area (Å²) in [5.74, 6) is 1.10.